The van der Waals surface area contributed by atoms with E-state index < -0.39 is 11.7 Å². The lowest BCUT2D eigenvalue weighted by atomic mass is 10.1. The maximum Gasteiger partial charge on any atom is 0.416 e. The number of aromatic nitrogens is 2. The van der Waals surface area contributed by atoms with E-state index in [1.807, 2.05) is 0 Å². The summed E-state index contributed by atoms with van der Waals surface area (Å²) in [5.41, 5.74) is 0.529. The summed E-state index contributed by atoms with van der Waals surface area (Å²) in [6.45, 7) is 0. The van der Waals surface area contributed by atoms with E-state index in [9.17, 15) is 18.0 Å². The van der Waals surface area contributed by atoms with Gasteiger partial charge in [0, 0.05) is 17.7 Å². The second-order valence-electron chi connectivity index (χ2n) is 4.46. The third-order valence-corrected chi connectivity index (χ3v) is 2.91. The zero-order chi connectivity index (χ0) is 16.2. The van der Waals surface area contributed by atoms with E-state index in [2.05, 4.69) is 9.97 Å². The topological polar surface area (TPSA) is 66.6 Å². The minimum Gasteiger partial charge on any atom is -0.303 e. The molecular formula is C15H10F3N3O. The van der Waals surface area contributed by atoms with Crippen molar-refractivity contribution in [3.05, 3.63) is 47.4 Å². The second-order valence-corrected chi connectivity index (χ2v) is 4.46. The van der Waals surface area contributed by atoms with Crippen molar-refractivity contribution >= 4 is 6.29 Å². The fraction of sp³-hybridized carbons (Fsp3) is 0.200. The molecule has 0 saturated carbocycles. The summed E-state index contributed by atoms with van der Waals surface area (Å²) < 4.78 is 37.6. The van der Waals surface area contributed by atoms with Gasteiger partial charge >= 0.3 is 6.18 Å². The van der Waals surface area contributed by atoms with Crippen LogP contribution in [0, 0.1) is 11.3 Å². The number of hydrogen-bond acceptors (Lipinski definition) is 4. The predicted octanol–water partition coefficient (Wildman–Crippen LogP) is 3.17. The van der Waals surface area contributed by atoms with Crippen molar-refractivity contribution in [2.45, 2.75) is 19.0 Å². The summed E-state index contributed by atoms with van der Waals surface area (Å²) in [5.74, 6) is -0.0849. The Labute approximate surface area is 124 Å². The first-order valence-corrected chi connectivity index (χ1v) is 6.33. The van der Waals surface area contributed by atoms with E-state index >= 15 is 0 Å². The Balaban J connectivity index is 2.39. The van der Waals surface area contributed by atoms with Crippen molar-refractivity contribution in [3.63, 3.8) is 0 Å². The van der Waals surface area contributed by atoms with Gasteiger partial charge in [0.2, 0.25) is 5.82 Å². The molecule has 2 rings (SSSR count). The molecule has 0 aliphatic carbocycles. The highest BCUT2D eigenvalue weighted by Gasteiger charge is 2.30. The van der Waals surface area contributed by atoms with Crippen LogP contribution in [0.3, 0.4) is 0 Å². The van der Waals surface area contributed by atoms with Gasteiger partial charge in [-0.25, -0.2) is 9.97 Å². The SMILES string of the molecule is N#Cc1nc(CCC=O)cc(-c2ccc(C(F)(F)F)cc2)n1. The van der Waals surface area contributed by atoms with Crippen LogP contribution in [0.15, 0.2) is 30.3 Å². The van der Waals surface area contributed by atoms with Gasteiger partial charge in [-0.1, -0.05) is 12.1 Å². The number of nitrogens with zero attached hydrogens (tertiary/aromatic N) is 3. The average molecular weight is 305 g/mol. The number of rotatable bonds is 4. The number of aryl methyl sites for hydroxylation is 1. The molecule has 2 aromatic rings. The largest absolute Gasteiger partial charge is 0.416 e. The quantitative estimate of drug-likeness (QED) is 0.814. The van der Waals surface area contributed by atoms with Gasteiger partial charge < -0.3 is 4.79 Å². The van der Waals surface area contributed by atoms with Crippen molar-refractivity contribution in [3.8, 4) is 17.3 Å². The summed E-state index contributed by atoms with van der Waals surface area (Å²) >= 11 is 0. The van der Waals surface area contributed by atoms with Crippen LogP contribution in [0.4, 0.5) is 13.2 Å². The Bertz CT molecular complexity index is 718. The minimum atomic E-state index is -4.41. The molecule has 0 radical (unpaired) electrons. The predicted molar refractivity (Wildman–Crippen MR) is 71.6 cm³/mol. The molecule has 1 aromatic carbocycles. The van der Waals surface area contributed by atoms with E-state index in [1.165, 1.54) is 12.1 Å². The Morgan fingerprint density at radius 1 is 1.18 bits per heavy atom. The highest BCUT2D eigenvalue weighted by Crippen LogP contribution is 2.30. The fourth-order valence-corrected chi connectivity index (χ4v) is 1.86. The summed E-state index contributed by atoms with van der Waals surface area (Å²) in [4.78, 5) is 18.3. The van der Waals surface area contributed by atoms with Gasteiger partial charge in [0.05, 0.1) is 11.3 Å². The average Bonchev–Trinajstić information content (AvgIpc) is 2.52. The van der Waals surface area contributed by atoms with E-state index in [-0.39, 0.29) is 12.2 Å². The monoisotopic (exact) mass is 305 g/mol. The summed E-state index contributed by atoms with van der Waals surface area (Å²) in [5, 5.41) is 8.92. The number of nitriles is 1. The van der Waals surface area contributed by atoms with Crippen molar-refractivity contribution in [1.29, 1.82) is 5.26 Å². The molecule has 0 spiro atoms. The molecular weight excluding hydrogens is 295 g/mol. The molecule has 0 unspecified atom stereocenters. The normalized spacial score (nSPS) is 11.0. The third-order valence-electron chi connectivity index (χ3n) is 2.91. The van der Waals surface area contributed by atoms with Crippen molar-refractivity contribution in [1.82, 2.24) is 9.97 Å². The van der Waals surface area contributed by atoms with Gasteiger partial charge in [-0.05, 0) is 24.6 Å². The van der Waals surface area contributed by atoms with Gasteiger partial charge in [0.25, 0.3) is 0 Å². The van der Waals surface area contributed by atoms with E-state index in [4.69, 9.17) is 5.26 Å². The number of carbonyl (C=O) groups excluding carboxylic acids is 1. The van der Waals surface area contributed by atoms with Gasteiger partial charge in [-0.2, -0.15) is 18.4 Å². The first-order valence-electron chi connectivity index (χ1n) is 6.33. The van der Waals surface area contributed by atoms with Gasteiger partial charge in [0.15, 0.2) is 0 Å². The number of hydrogen-bond donors (Lipinski definition) is 0. The lowest BCUT2D eigenvalue weighted by Gasteiger charge is -2.08. The smallest absolute Gasteiger partial charge is 0.303 e. The van der Waals surface area contributed by atoms with Crippen LogP contribution in [0.5, 0.6) is 0 Å². The van der Waals surface area contributed by atoms with Crippen LogP contribution in [-0.2, 0) is 17.4 Å². The Kier molecular flexibility index (Phi) is 4.51. The Morgan fingerprint density at radius 2 is 1.86 bits per heavy atom. The van der Waals surface area contributed by atoms with Gasteiger partial charge in [-0.3, -0.25) is 0 Å². The minimum absolute atomic E-state index is 0.0849. The molecule has 0 bridgehead atoms. The third kappa shape index (κ3) is 3.67. The molecule has 0 aliphatic rings. The Morgan fingerprint density at radius 3 is 2.41 bits per heavy atom. The lowest BCUT2D eigenvalue weighted by molar-refractivity contribution is -0.137. The first kappa shape index (κ1) is 15.6. The van der Waals surface area contributed by atoms with Gasteiger partial charge in [0.1, 0.15) is 12.4 Å². The van der Waals surface area contributed by atoms with Gasteiger partial charge in [-0.15, -0.1) is 0 Å². The van der Waals surface area contributed by atoms with Crippen LogP contribution in [0.2, 0.25) is 0 Å². The molecule has 0 N–H and O–H groups in total. The van der Waals surface area contributed by atoms with Crippen molar-refractivity contribution in [2.75, 3.05) is 0 Å². The number of aldehydes is 1. The van der Waals surface area contributed by atoms with Crippen LogP contribution < -0.4 is 0 Å². The highest BCUT2D eigenvalue weighted by atomic mass is 19.4. The molecule has 1 aromatic heterocycles. The molecule has 0 amide bonds. The molecule has 0 fully saturated rings. The summed E-state index contributed by atoms with van der Waals surface area (Å²) in [6.07, 6.45) is -3.09. The zero-order valence-corrected chi connectivity index (χ0v) is 11.3. The second kappa shape index (κ2) is 6.35. The molecule has 22 heavy (non-hydrogen) atoms. The number of halogens is 3. The van der Waals surface area contributed by atoms with Crippen LogP contribution in [0.25, 0.3) is 11.3 Å². The highest BCUT2D eigenvalue weighted by molar-refractivity contribution is 5.60. The maximum atomic E-state index is 12.5. The Hall–Kier alpha value is -2.75. The summed E-state index contributed by atoms with van der Waals surface area (Å²) in [6, 6.07) is 7.84. The van der Waals surface area contributed by atoms with Crippen molar-refractivity contribution < 1.29 is 18.0 Å². The van der Waals surface area contributed by atoms with E-state index in [0.29, 0.717) is 23.4 Å². The van der Waals surface area contributed by atoms with Crippen molar-refractivity contribution in [2.24, 2.45) is 0 Å². The van der Waals surface area contributed by atoms with E-state index in [0.717, 1.165) is 18.4 Å². The fourth-order valence-electron chi connectivity index (χ4n) is 1.86. The maximum absolute atomic E-state index is 12.5. The molecule has 112 valence electrons. The molecule has 1 heterocycles. The number of carbonyl (C=O) groups is 1. The number of alkyl halides is 3. The van der Waals surface area contributed by atoms with Crippen LogP contribution in [0.1, 0.15) is 23.5 Å². The van der Waals surface area contributed by atoms with E-state index in [1.54, 1.807) is 12.1 Å². The standard InChI is InChI=1S/C15H10F3N3O/c16-15(17,18)11-5-3-10(4-6-11)13-8-12(2-1-7-22)20-14(9-19)21-13/h3-8H,1-2H2. The molecule has 4 nitrogen and oxygen atoms in total. The lowest BCUT2D eigenvalue weighted by Crippen LogP contribution is -2.04. The number of benzene rings is 1. The van der Waals surface area contributed by atoms with Crippen LogP contribution in [-0.4, -0.2) is 16.3 Å². The first-order chi connectivity index (χ1) is 10.4. The molecule has 7 heteroatoms. The molecule has 0 atom stereocenters. The molecule has 0 aliphatic heterocycles. The molecule has 0 saturated heterocycles. The van der Waals surface area contributed by atoms with Crippen LogP contribution >= 0.6 is 0 Å². The summed E-state index contributed by atoms with van der Waals surface area (Å²) in [7, 11) is 0. The zero-order valence-electron chi connectivity index (χ0n) is 11.3.